The number of ketones is 1. The highest BCUT2D eigenvalue weighted by Gasteiger charge is 2.37. The summed E-state index contributed by atoms with van der Waals surface area (Å²) in [4.78, 5) is 15.7. The summed E-state index contributed by atoms with van der Waals surface area (Å²) in [6, 6.07) is 8.47. The number of halogens is 3. The molecule has 0 saturated heterocycles. The molecule has 3 rings (SSSR count). The monoisotopic (exact) mass is 350 g/mol. The van der Waals surface area contributed by atoms with Crippen LogP contribution in [-0.2, 0) is 4.79 Å². The van der Waals surface area contributed by atoms with Gasteiger partial charge in [-0.05, 0) is 23.9 Å². The van der Waals surface area contributed by atoms with E-state index in [0.717, 1.165) is 6.21 Å². The van der Waals surface area contributed by atoms with Gasteiger partial charge in [0.15, 0.2) is 5.78 Å². The Hall–Kier alpha value is -2.53. The number of ether oxygens (including phenoxy) is 1. The second-order valence-corrected chi connectivity index (χ2v) is 6.06. The van der Waals surface area contributed by atoms with Gasteiger partial charge < -0.3 is 4.74 Å². The van der Waals surface area contributed by atoms with Crippen molar-refractivity contribution < 1.29 is 22.7 Å². The maximum atomic E-state index is 12.6. The van der Waals surface area contributed by atoms with Crippen LogP contribution in [0.1, 0.15) is 18.4 Å². The van der Waals surface area contributed by atoms with Crippen LogP contribution in [0.4, 0.5) is 13.2 Å². The molecule has 0 bridgehead atoms. The van der Waals surface area contributed by atoms with Crippen LogP contribution in [0.3, 0.4) is 0 Å². The Morgan fingerprint density at radius 1 is 1.25 bits per heavy atom. The summed E-state index contributed by atoms with van der Waals surface area (Å²) in [5.41, 5.74) is -4.16. The van der Waals surface area contributed by atoms with E-state index in [1.807, 2.05) is 6.07 Å². The fraction of sp³-hybridized carbons (Fsp3) is 0.188. The number of benzene rings is 1. The minimum Gasteiger partial charge on any atom is -0.458 e. The Morgan fingerprint density at radius 3 is 2.71 bits per heavy atom. The average molecular weight is 350 g/mol. The van der Waals surface area contributed by atoms with E-state index in [0.29, 0.717) is 11.3 Å². The van der Waals surface area contributed by atoms with E-state index in [2.05, 4.69) is 4.99 Å². The van der Waals surface area contributed by atoms with Crippen LogP contribution < -0.4 is 4.74 Å². The van der Waals surface area contributed by atoms with Gasteiger partial charge >= 0.3 is 5.51 Å². The summed E-state index contributed by atoms with van der Waals surface area (Å²) in [7, 11) is 0. The van der Waals surface area contributed by atoms with Gasteiger partial charge in [-0.15, -0.1) is 0 Å². The number of para-hydroxylation sites is 1. The number of Topliss-reactive ketones (excluding diaryl/α,β-unsaturated/α-hetero) is 1. The smallest absolute Gasteiger partial charge is 0.446 e. The molecule has 4 nitrogen and oxygen atoms in total. The van der Waals surface area contributed by atoms with Crippen LogP contribution in [-0.4, -0.2) is 17.5 Å². The van der Waals surface area contributed by atoms with Crippen molar-refractivity contribution in [1.82, 2.24) is 0 Å². The molecule has 0 atom stereocenters. The number of carbonyl (C=O) groups is 1. The van der Waals surface area contributed by atoms with Gasteiger partial charge in [0.05, 0.1) is 11.1 Å². The normalized spacial score (nSPS) is 17.2. The molecule has 0 amide bonds. The molecule has 1 aromatic carbocycles. The van der Waals surface area contributed by atoms with Crippen molar-refractivity contribution in [2.45, 2.75) is 18.3 Å². The maximum absolute atomic E-state index is 12.6. The third kappa shape index (κ3) is 3.21. The molecule has 0 N–H and O–H groups in total. The predicted octanol–water partition coefficient (Wildman–Crippen LogP) is 4.10. The van der Waals surface area contributed by atoms with E-state index < -0.39 is 11.3 Å². The number of thioether (sulfide) groups is 1. The highest BCUT2D eigenvalue weighted by Crippen LogP contribution is 2.44. The second-order valence-electron chi connectivity index (χ2n) is 4.95. The van der Waals surface area contributed by atoms with E-state index in [4.69, 9.17) is 10.00 Å². The standard InChI is InChI=1S/C16H9F3N2O2S/c17-16(18,19)24-13-8-21-15-12(6-5-10(22)14(13)15)23-11-4-2-1-3-9(11)7-20/h1-4,8H,5-6H2. The molecule has 1 aliphatic heterocycles. The van der Waals surface area contributed by atoms with Crippen LogP contribution in [0.15, 0.2) is 51.2 Å². The zero-order valence-electron chi connectivity index (χ0n) is 12.1. The quantitative estimate of drug-likeness (QED) is 0.823. The molecule has 0 fully saturated rings. The predicted molar refractivity (Wildman–Crippen MR) is 82.2 cm³/mol. The van der Waals surface area contributed by atoms with Crippen LogP contribution in [0.2, 0.25) is 0 Å². The molecule has 8 heteroatoms. The van der Waals surface area contributed by atoms with Gasteiger partial charge in [0.2, 0.25) is 0 Å². The average Bonchev–Trinajstić information content (AvgIpc) is 2.93. The summed E-state index contributed by atoms with van der Waals surface area (Å²) in [5.74, 6) is 0.180. The topological polar surface area (TPSA) is 62.4 Å². The molecule has 1 aromatic rings. The summed E-state index contributed by atoms with van der Waals surface area (Å²) in [5, 5.41) is 9.08. The molecule has 122 valence electrons. The molecular weight excluding hydrogens is 341 g/mol. The van der Waals surface area contributed by atoms with Crippen molar-refractivity contribution >= 4 is 23.8 Å². The molecular formula is C16H9F3N2O2S. The van der Waals surface area contributed by atoms with Crippen molar-refractivity contribution in [3.8, 4) is 11.8 Å². The van der Waals surface area contributed by atoms with Crippen molar-refractivity contribution in [3.05, 3.63) is 51.8 Å². The first-order valence-electron chi connectivity index (χ1n) is 6.87. The highest BCUT2D eigenvalue weighted by atomic mass is 32.2. The third-order valence-corrected chi connectivity index (χ3v) is 4.14. The molecule has 0 unspecified atom stereocenters. The maximum Gasteiger partial charge on any atom is 0.446 e. The Kier molecular flexibility index (Phi) is 4.20. The van der Waals surface area contributed by atoms with E-state index >= 15 is 0 Å². The number of carbonyl (C=O) groups excluding carboxylic acids is 1. The fourth-order valence-corrected chi connectivity index (χ4v) is 3.07. The zero-order chi connectivity index (χ0) is 17.3. The summed E-state index contributed by atoms with van der Waals surface area (Å²) >= 11 is -0.363. The Labute approximate surface area is 139 Å². The molecule has 0 spiro atoms. The molecule has 2 aliphatic rings. The number of nitrogens with zero attached hydrogens (tertiary/aromatic N) is 2. The lowest BCUT2D eigenvalue weighted by Gasteiger charge is -2.19. The highest BCUT2D eigenvalue weighted by molar-refractivity contribution is 8.04. The van der Waals surface area contributed by atoms with Crippen LogP contribution in [0.5, 0.6) is 5.75 Å². The van der Waals surface area contributed by atoms with Crippen LogP contribution in [0.25, 0.3) is 0 Å². The van der Waals surface area contributed by atoms with Crippen molar-refractivity contribution in [2.75, 3.05) is 0 Å². The number of aliphatic imine (C=N–C) groups is 1. The molecule has 0 aromatic heterocycles. The SMILES string of the molecule is N#Cc1ccccc1OC1=C2N=CC(SC(F)(F)F)=C2C(=O)CC1. The minimum atomic E-state index is -4.50. The first kappa shape index (κ1) is 16.3. The van der Waals surface area contributed by atoms with E-state index in [1.165, 1.54) is 0 Å². The van der Waals surface area contributed by atoms with Gasteiger partial charge in [0, 0.05) is 24.0 Å². The second kappa shape index (κ2) is 6.17. The Balaban J connectivity index is 2.00. The van der Waals surface area contributed by atoms with Crippen molar-refractivity contribution in [2.24, 2.45) is 4.99 Å². The molecule has 0 radical (unpaired) electrons. The lowest BCUT2D eigenvalue weighted by Crippen LogP contribution is -2.16. The summed E-state index contributed by atoms with van der Waals surface area (Å²) < 4.78 is 43.5. The number of rotatable bonds is 3. The molecule has 0 saturated carbocycles. The van der Waals surface area contributed by atoms with Crippen molar-refractivity contribution in [3.63, 3.8) is 0 Å². The number of hydrogen-bond donors (Lipinski definition) is 0. The fourth-order valence-electron chi connectivity index (χ4n) is 2.40. The van der Waals surface area contributed by atoms with Gasteiger partial charge in [0.25, 0.3) is 0 Å². The Morgan fingerprint density at radius 2 is 2.00 bits per heavy atom. The minimum absolute atomic E-state index is 0.0359. The van der Waals surface area contributed by atoms with Gasteiger partial charge in [-0.25, -0.2) is 0 Å². The van der Waals surface area contributed by atoms with Gasteiger partial charge in [-0.3, -0.25) is 9.79 Å². The summed E-state index contributed by atoms with van der Waals surface area (Å²) in [6.45, 7) is 0. The van der Waals surface area contributed by atoms with Gasteiger partial charge in [-0.1, -0.05) is 12.1 Å². The number of hydrogen-bond acceptors (Lipinski definition) is 5. The number of alkyl halides is 3. The first-order chi connectivity index (χ1) is 11.4. The lowest BCUT2D eigenvalue weighted by molar-refractivity contribution is -0.115. The number of allylic oxidation sites excluding steroid dienone is 3. The molecule has 1 heterocycles. The number of fused-ring (bicyclic) bond motifs is 1. The van der Waals surface area contributed by atoms with E-state index in [1.54, 1.807) is 24.3 Å². The Bertz CT molecular complexity index is 848. The van der Waals surface area contributed by atoms with Gasteiger partial charge in [0.1, 0.15) is 23.3 Å². The van der Waals surface area contributed by atoms with Crippen LogP contribution in [0, 0.1) is 11.3 Å². The van der Waals surface area contributed by atoms with Crippen LogP contribution >= 0.6 is 11.8 Å². The summed E-state index contributed by atoms with van der Waals surface area (Å²) in [6.07, 6.45) is 1.29. The van der Waals surface area contributed by atoms with E-state index in [9.17, 15) is 18.0 Å². The van der Waals surface area contributed by atoms with Crippen molar-refractivity contribution in [1.29, 1.82) is 5.26 Å². The first-order valence-corrected chi connectivity index (χ1v) is 7.68. The molecule has 1 aliphatic carbocycles. The largest absolute Gasteiger partial charge is 0.458 e. The lowest BCUT2D eigenvalue weighted by atomic mass is 9.96. The zero-order valence-corrected chi connectivity index (χ0v) is 12.9. The van der Waals surface area contributed by atoms with E-state index in [-0.39, 0.29) is 46.5 Å². The molecule has 24 heavy (non-hydrogen) atoms. The van der Waals surface area contributed by atoms with Gasteiger partial charge in [-0.2, -0.15) is 18.4 Å². The number of nitriles is 1. The third-order valence-electron chi connectivity index (χ3n) is 3.38.